The van der Waals surface area contributed by atoms with Crippen molar-refractivity contribution in [1.29, 1.82) is 0 Å². The number of aromatic nitrogens is 1. The average molecular weight is 223 g/mol. The van der Waals surface area contributed by atoms with E-state index >= 15 is 0 Å². The number of rotatable bonds is 2. The molecular weight excluding hydrogens is 214 g/mol. The highest BCUT2D eigenvalue weighted by molar-refractivity contribution is 7.80. The fraction of sp³-hybridized carbons (Fsp3) is 0.200. The van der Waals surface area contributed by atoms with Crippen LogP contribution in [-0.4, -0.2) is 10.8 Å². The molecule has 2 aromatic rings. The molecule has 0 spiro atoms. The summed E-state index contributed by atoms with van der Waals surface area (Å²) in [5.41, 5.74) is 0.948. The van der Waals surface area contributed by atoms with Gasteiger partial charge in [-0.25, -0.2) is 4.98 Å². The summed E-state index contributed by atoms with van der Waals surface area (Å²) in [6, 6.07) is 5.81. The molecule has 0 aliphatic heterocycles. The van der Waals surface area contributed by atoms with Gasteiger partial charge in [0.1, 0.15) is 10.8 Å². The summed E-state index contributed by atoms with van der Waals surface area (Å²) in [7, 11) is 0. The Morgan fingerprint density at radius 2 is 2.36 bits per heavy atom. The number of Topliss-reactive ketones (excluding diaryl/α,β-unsaturated/α-hetero) is 1. The topological polar surface area (TPSA) is 30.0 Å². The first-order valence-corrected chi connectivity index (χ1v) is 5.49. The first-order chi connectivity index (χ1) is 6.65. The zero-order valence-electron chi connectivity index (χ0n) is 7.65. The van der Waals surface area contributed by atoms with Gasteiger partial charge in [-0.1, -0.05) is 0 Å². The van der Waals surface area contributed by atoms with E-state index in [2.05, 4.69) is 17.6 Å². The molecule has 14 heavy (non-hydrogen) atoms. The first kappa shape index (κ1) is 9.68. The molecule has 1 heterocycles. The predicted octanol–water partition coefficient (Wildman–Crippen LogP) is 2.72. The molecule has 0 N–H and O–H groups in total. The largest absolute Gasteiger partial charge is 0.300 e. The number of hydrogen-bond acceptors (Lipinski definition) is 4. The van der Waals surface area contributed by atoms with Gasteiger partial charge < -0.3 is 0 Å². The van der Waals surface area contributed by atoms with Crippen LogP contribution in [0.5, 0.6) is 0 Å². The third kappa shape index (κ3) is 1.96. The zero-order chi connectivity index (χ0) is 10.1. The van der Waals surface area contributed by atoms with Gasteiger partial charge in [0.2, 0.25) is 0 Å². The Hall–Kier alpha value is -0.870. The van der Waals surface area contributed by atoms with Crippen molar-refractivity contribution in [3.8, 4) is 0 Å². The highest BCUT2D eigenvalue weighted by atomic mass is 32.1. The fourth-order valence-corrected chi connectivity index (χ4v) is 2.62. The number of carbonyl (C=O) groups is 1. The Bertz CT molecular complexity index is 490. The van der Waals surface area contributed by atoms with Crippen molar-refractivity contribution in [2.45, 2.75) is 18.2 Å². The van der Waals surface area contributed by atoms with Gasteiger partial charge in [0.15, 0.2) is 0 Å². The molecule has 1 aromatic heterocycles. The van der Waals surface area contributed by atoms with Crippen molar-refractivity contribution in [3.63, 3.8) is 0 Å². The molecule has 0 atom stereocenters. The molecule has 4 heteroatoms. The van der Waals surface area contributed by atoms with Crippen molar-refractivity contribution in [2.24, 2.45) is 0 Å². The average Bonchev–Trinajstić information content (AvgIpc) is 2.44. The van der Waals surface area contributed by atoms with E-state index in [0.717, 1.165) is 20.1 Å². The van der Waals surface area contributed by atoms with Crippen LogP contribution in [0, 0.1) is 0 Å². The molecule has 0 aliphatic rings. The Morgan fingerprint density at radius 1 is 1.57 bits per heavy atom. The maximum Gasteiger partial charge on any atom is 0.136 e. The van der Waals surface area contributed by atoms with Crippen molar-refractivity contribution in [2.75, 3.05) is 0 Å². The first-order valence-electron chi connectivity index (χ1n) is 4.23. The summed E-state index contributed by atoms with van der Waals surface area (Å²) in [5.74, 6) is 0.148. The number of benzene rings is 1. The van der Waals surface area contributed by atoms with Gasteiger partial charge in [-0.2, -0.15) is 0 Å². The van der Waals surface area contributed by atoms with E-state index in [1.165, 1.54) is 0 Å². The normalized spacial score (nSPS) is 10.7. The fourth-order valence-electron chi connectivity index (χ4n) is 1.25. The van der Waals surface area contributed by atoms with Crippen LogP contribution in [0.4, 0.5) is 0 Å². The number of ketones is 1. The number of nitrogens with zero attached hydrogens (tertiary/aromatic N) is 1. The molecule has 0 fully saturated rings. The van der Waals surface area contributed by atoms with Crippen molar-refractivity contribution in [1.82, 2.24) is 4.98 Å². The van der Waals surface area contributed by atoms with Gasteiger partial charge in [-0.3, -0.25) is 4.79 Å². The monoisotopic (exact) mass is 223 g/mol. The summed E-state index contributed by atoms with van der Waals surface area (Å²) < 4.78 is 1.09. The molecule has 0 bridgehead atoms. The SMILES string of the molecule is CC(=O)Cc1nc2ccc(S)cc2s1. The van der Waals surface area contributed by atoms with Crippen LogP contribution in [-0.2, 0) is 11.2 Å². The molecule has 0 saturated carbocycles. The molecule has 2 rings (SSSR count). The lowest BCUT2D eigenvalue weighted by Crippen LogP contribution is -1.94. The van der Waals surface area contributed by atoms with Gasteiger partial charge in [-0.15, -0.1) is 24.0 Å². The standard InChI is InChI=1S/C10H9NOS2/c1-6(12)4-10-11-8-3-2-7(13)5-9(8)14-10/h2-3,5,13H,4H2,1H3. The number of thiazole rings is 1. The molecule has 0 unspecified atom stereocenters. The van der Waals surface area contributed by atoms with E-state index < -0.39 is 0 Å². The van der Waals surface area contributed by atoms with Crippen LogP contribution < -0.4 is 0 Å². The van der Waals surface area contributed by atoms with Crippen LogP contribution in [0.25, 0.3) is 10.2 Å². The van der Waals surface area contributed by atoms with Crippen molar-refractivity contribution >= 4 is 40.0 Å². The minimum absolute atomic E-state index is 0.148. The van der Waals surface area contributed by atoms with E-state index in [1.807, 2.05) is 18.2 Å². The minimum atomic E-state index is 0.148. The van der Waals surface area contributed by atoms with Crippen LogP contribution in [0.15, 0.2) is 23.1 Å². The molecule has 72 valence electrons. The Morgan fingerprint density at radius 3 is 3.07 bits per heavy atom. The van der Waals surface area contributed by atoms with Crippen molar-refractivity contribution < 1.29 is 4.79 Å². The third-order valence-corrected chi connectivity index (χ3v) is 3.11. The zero-order valence-corrected chi connectivity index (χ0v) is 9.36. The molecule has 0 aliphatic carbocycles. The van der Waals surface area contributed by atoms with Crippen LogP contribution in [0.3, 0.4) is 0 Å². The molecule has 0 saturated heterocycles. The van der Waals surface area contributed by atoms with Gasteiger partial charge in [0, 0.05) is 4.90 Å². The van der Waals surface area contributed by atoms with Crippen molar-refractivity contribution in [3.05, 3.63) is 23.2 Å². The smallest absolute Gasteiger partial charge is 0.136 e. The summed E-state index contributed by atoms with van der Waals surface area (Å²) in [6.07, 6.45) is 0.432. The summed E-state index contributed by atoms with van der Waals surface area (Å²) in [6.45, 7) is 1.58. The number of hydrogen-bond donors (Lipinski definition) is 1. The summed E-state index contributed by atoms with van der Waals surface area (Å²) in [5, 5.41) is 0.881. The van der Waals surface area contributed by atoms with Gasteiger partial charge in [-0.05, 0) is 25.1 Å². The predicted molar refractivity (Wildman–Crippen MR) is 61.3 cm³/mol. The molecule has 1 aromatic carbocycles. The molecule has 2 nitrogen and oxygen atoms in total. The Labute approximate surface area is 91.4 Å². The second-order valence-corrected chi connectivity index (χ2v) is 4.77. The highest BCUT2D eigenvalue weighted by Gasteiger charge is 2.05. The van der Waals surface area contributed by atoms with Crippen LogP contribution >= 0.6 is 24.0 Å². The van der Waals surface area contributed by atoms with Gasteiger partial charge >= 0.3 is 0 Å². The summed E-state index contributed by atoms with van der Waals surface area (Å²) in [4.78, 5) is 16.2. The van der Waals surface area contributed by atoms with Crippen LogP contribution in [0.1, 0.15) is 11.9 Å². The second-order valence-electron chi connectivity index (χ2n) is 3.14. The van der Waals surface area contributed by atoms with E-state index in [9.17, 15) is 4.79 Å². The van der Waals surface area contributed by atoms with E-state index in [-0.39, 0.29) is 5.78 Å². The lowest BCUT2D eigenvalue weighted by Gasteiger charge is -1.87. The minimum Gasteiger partial charge on any atom is -0.300 e. The number of thiol groups is 1. The quantitative estimate of drug-likeness (QED) is 0.793. The van der Waals surface area contributed by atoms with Crippen LogP contribution in [0.2, 0.25) is 0 Å². The van der Waals surface area contributed by atoms with E-state index in [0.29, 0.717) is 6.42 Å². The van der Waals surface area contributed by atoms with E-state index in [4.69, 9.17) is 0 Å². The lowest BCUT2D eigenvalue weighted by atomic mass is 10.3. The molecule has 0 radical (unpaired) electrons. The number of carbonyl (C=O) groups excluding carboxylic acids is 1. The van der Waals surface area contributed by atoms with Gasteiger partial charge in [0.25, 0.3) is 0 Å². The Balaban J connectivity index is 2.46. The highest BCUT2D eigenvalue weighted by Crippen LogP contribution is 2.24. The summed E-state index contributed by atoms with van der Waals surface area (Å²) >= 11 is 5.81. The third-order valence-electron chi connectivity index (χ3n) is 1.82. The molecular formula is C10H9NOS2. The lowest BCUT2D eigenvalue weighted by molar-refractivity contribution is -0.116. The maximum absolute atomic E-state index is 10.9. The molecule has 0 amide bonds. The number of fused-ring (bicyclic) bond motifs is 1. The Kier molecular flexibility index (Phi) is 2.56. The van der Waals surface area contributed by atoms with Gasteiger partial charge in [0.05, 0.1) is 16.6 Å². The second kappa shape index (κ2) is 3.71. The maximum atomic E-state index is 10.9. The van der Waals surface area contributed by atoms with E-state index in [1.54, 1.807) is 18.3 Å².